The van der Waals surface area contributed by atoms with Crippen LogP contribution in [0.15, 0.2) is 16.8 Å². The molecule has 0 aromatic rings. The van der Waals surface area contributed by atoms with E-state index < -0.39 is 14.4 Å². The Balaban J connectivity index is 5.42. The van der Waals surface area contributed by atoms with Crippen molar-refractivity contribution in [2.24, 2.45) is 4.99 Å². The van der Waals surface area contributed by atoms with Crippen LogP contribution in [0.3, 0.4) is 0 Å². The van der Waals surface area contributed by atoms with Gasteiger partial charge in [0.2, 0.25) is 0 Å². The summed E-state index contributed by atoms with van der Waals surface area (Å²) in [5, 5.41) is 0. The third kappa shape index (κ3) is 6.46. The third-order valence-electron chi connectivity index (χ3n) is 3.53. The Bertz CT molecular complexity index is 333. The summed E-state index contributed by atoms with van der Waals surface area (Å²) < 4.78 is 4.26. The minimum atomic E-state index is -0.996. The smallest absolute Gasteiger partial charge is 0.419 e. The van der Waals surface area contributed by atoms with Gasteiger partial charge in [-0.15, -0.1) is 0 Å². The molecule has 0 rings (SSSR count). The van der Waals surface area contributed by atoms with Crippen molar-refractivity contribution in [3.05, 3.63) is 11.8 Å². The molecule has 0 aromatic carbocycles. The Labute approximate surface area is 132 Å². The molecule has 0 aromatic heterocycles. The lowest BCUT2D eigenvalue weighted by molar-refractivity contribution is 0.424. The van der Waals surface area contributed by atoms with E-state index in [1.54, 1.807) is 0 Å². The van der Waals surface area contributed by atoms with Gasteiger partial charge >= 0.3 is 14.4 Å². The first kappa shape index (κ1) is 19.7. The minimum absolute atomic E-state index is 0.370. The van der Waals surface area contributed by atoms with Gasteiger partial charge in [-0.25, -0.2) is 0 Å². The summed E-state index contributed by atoms with van der Waals surface area (Å²) in [6, 6.07) is 0.939. The van der Waals surface area contributed by atoms with Crippen molar-refractivity contribution in [2.45, 2.75) is 90.9 Å². The molecule has 0 unspecified atom stereocenters. The Morgan fingerprint density at radius 2 is 1.35 bits per heavy atom. The lowest BCUT2D eigenvalue weighted by Crippen LogP contribution is -2.46. The lowest BCUT2D eigenvalue weighted by atomic mass is 10.3. The molecule has 20 heavy (non-hydrogen) atoms. The van der Waals surface area contributed by atoms with Crippen LogP contribution in [0.25, 0.3) is 0 Å². The second-order valence-electron chi connectivity index (χ2n) is 7.13. The number of hydrogen-bond acceptors (Lipinski definition) is 2. The maximum Gasteiger partial charge on any atom is 0.419 e. The zero-order valence-corrected chi connectivity index (χ0v) is 16.5. The number of hydrogen-bond donors (Lipinski definition) is 0. The molecular weight excluding hydrogens is 259 g/mol. The van der Waals surface area contributed by atoms with Crippen molar-refractivity contribution in [2.75, 3.05) is 0 Å². The first-order valence-electron chi connectivity index (χ1n) is 8.08. The van der Waals surface area contributed by atoms with Gasteiger partial charge in [0.05, 0.1) is 0 Å². The highest BCUT2D eigenvalue weighted by molar-refractivity contribution is 6.59. The molecule has 0 fully saturated rings. The van der Waals surface area contributed by atoms with Gasteiger partial charge in [0.1, 0.15) is 0 Å². The Kier molecular flexibility index (Phi) is 8.79. The van der Waals surface area contributed by atoms with E-state index in [-0.39, 0.29) is 0 Å². The Hall–Kier alpha value is -0.258. The van der Waals surface area contributed by atoms with E-state index in [2.05, 4.69) is 84.2 Å². The number of rotatable bonds is 7. The van der Waals surface area contributed by atoms with Crippen LogP contribution < -0.4 is 0 Å². The second kappa shape index (κ2) is 8.90. The van der Waals surface area contributed by atoms with E-state index in [9.17, 15) is 0 Å². The summed E-state index contributed by atoms with van der Waals surface area (Å²) in [7, 11) is 0. The van der Waals surface area contributed by atoms with Crippen LogP contribution in [-0.4, -0.2) is 36.0 Å². The molecular formula is C17H35AlN2. The molecule has 0 atom stereocenters. The third-order valence-corrected chi connectivity index (χ3v) is 7.91. The predicted molar refractivity (Wildman–Crippen MR) is 94.9 cm³/mol. The van der Waals surface area contributed by atoms with Crippen molar-refractivity contribution in [1.82, 2.24) is 3.88 Å². The average Bonchev–Trinajstić information content (AvgIpc) is 2.21. The molecule has 0 heterocycles. The van der Waals surface area contributed by atoms with Crippen molar-refractivity contribution in [3.8, 4) is 0 Å². The monoisotopic (exact) mass is 294 g/mol. The van der Waals surface area contributed by atoms with E-state index in [4.69, 9.17) is 0 Å². The molecule has 0 aliphatic heterocycles. The van der Waals surface area contributed by atoms with E-state index in [1.165, 1.54) is 5.70 Å². The number of aliphatic imine (C=N–C) groups is 1. The van der Waals surface area contributed by atoms with Crippen LogP contribution in [0.1, 0.15) is 69.2 Å². The highest BCUT2D eigenvalue weighted by atomic mass is 27.2. The zero-order valence-electron chi connectivity index (χ0n) is 15.4. The minimum Gasteiger partial charge on any atom is -0.464 e. The fourth-order valence-corrected chi connectivity index (χ4v) is 7.28. The van der Waals surface area contributed by atoms with E-state index in [0.717, 1.165) is 15.3 Å². The number of nitrogens with zero attached hydrogens (tertiary/aromatic N) is 2. The van der Waals surface area contributed by atoms with Crippen molar-refractivity contribution >= 4 is 20.1 Å². The van der Waals surface area contributed by atoms with Gasteiger partial charge in [-0.1, -0.05) is 37.3 Å². The topological polar surface area (TPSA) is 15.6 Å². The van der Waals surface area contributed by atoms with Gasteiger partial charge in [0.25, 0.3) is 0 Å². The fraction of sp³-hybridized carbons (Fsp3) is 0.824. The summed E-state index contributed by atoms with van der Waals surface area (Å²) in [5.41, 5.74) is 2.53. The average molecular weight is 294 g/mol. The van der Waals surface area contributed by atoms with Crippen molar-refractivity contribution < 1.29 is 0 Å². The van der Waals surface area contributed by atoms with Gasteiger partial charge < -0.3 is 3.88 Å². The van der Waals surface area contributed by atoms with Crippen LogP contribution in [0.2, 0.25) is 9.56 Å². The SMILES string of the molecule is CC(/C=C(/C)[N](C(C)C)[Al]([CH](C)C)[CH](C)C)=NC(C)C. The van der Waals surface area contributed by atoms with Gasteiger partial charge in [-0.2, -0.15) is 0 Å². The Morgan fingerprint density at radius 3 is 1.65 bits per heavy atom. The first-order chi connectivity index (χ1) is 9.07. The predicted octanol–water partition coefficient (Wildman–Crippen LogP) is 5.28. The normalized spacial score (nSPS) is 13.9. The van der Waals surface area contributed by atoms with Crippen LogP contribution in [0, 0.1) is 0 Å². The van der Waals surface area contributed by atoms with E-state index in [1.807, 2.05) is 0 Å². The maximum atomic E-state index is 4.64. The molecule has 3 heteroatoms. The second-order valence-corrected chi connectivity index (χ2v) is 11.3. The molecule has 116 valence electrons. The van der Waals surface area contributed by atoms with Crippen molar-refractivity contribution in [1.29, 1.82) is 0 Å². The largest absolute Gasteiger partial charge is 0.464 e. The molecule has 0 radical (unpaired) electrons. The Morgan fingerprint density at radius 1 is 0.900 bits per heavy atom. The summed E-state index contributed by atoms with van der Waals surface area (Å²) in [4.78, 5) is 4.64. The molecule has 0 spiro atoms. The summed E-state index contributed by atoms with van der Waals surface area (Å²) >= 11 is -0.996. The van der Waals surface area contributed by atoms with Crippen LogP contribution >= 0.6 is 0 Å². The highest BCUT2D eigenvalue weighted by Gasteiger charge is 2.35. The van der Waals surface area contributed by atoms with Crippen LogP contribution in [0.5, 0.6) is 0 Å². The van der Waals surface area contributed by atoms with Gasteiger partial charge in [0, 0.05) is 11.8 Å². The quantitative estimate of drug-likeness (QED) is 0.460. The maximum absolute atomic E-state index is 4.64. The molecule has 0 N–H and O–H groups in total. The molecule has 0 aliphatic rings. The molecule has 0 amide bonds. The summed E-state index contributed by atoms with van der Waals surface area (Å²) in [6.45, 7) is 22.8. The molecule has 0 bridgehead atoms. The molecule has 2 nitrogen and oxygen atoms in total. The van der Waals surface area contributed by atoms with Crippen molar-refractivity contribution in [3.63, 3.8) is 0 Å². The van der Waals surface area contributed by atoms with Crippen LogP contribution in [0.4, 0.5) is 0 Å². The fourth-order valence-electron chi connectivity index (χ4n) is 3.22. The van der Waals surface area contributed by atoms with Gasteiger partial charge in [-0.3, -0.25) is 4.99 Å². The molecule has 0 aliphatic carbocycles. The summed E-state index contributed by atoms with van der Waals surface area (Å²) in [6.07, 6.45) is 2.27. The highest BCUT2D eigenvalue weighted by Crippen LogP contribution is 2.28. The van der Waals surface area contributed by atoms with E-state index >= 15 is 0 Å². The number of allylic oxidation sites excluding steroid dienone is 2. The van der Waals surface area contributed by atoms with Gasteiger partial charge in [-0.05, 0) is 59.4 Å². The standard InChI is InChI=1S/C11H21N2.2C3H7.Al/c1-8(2)12-10(5)7-11(6)13-9(3)4;2*1-3-2;/h7-9H,1-6H3;2*3H,1-2H3;/q-1;;;+1/b10-7-,13-11?;;;. The van der Waals surface area contributed by atoms with Crippen LogP contribution in [-0.2, 0) is 0 Å². The lowest BCUT2D eigenvalue weighted by Gasteiger charge is -2.39. The molecule has 0 saturated heterocycles. The first-order valence-corrected chi connectivity index (χ1v) is 9.93. The van der Waals surface area contributed by atoms with E-state index in [0.29, 0.717) is 12.1 Å². The summed E-state index contributed by atoms with van der Waals surface area (Å²) in [5.74, 6) is 0. The zero-order chi connectivity index (χ0) is 16.0. The van der Waals surface area contributed by atoms with Gasteiger partial charge in [0.15, 0.2) is 0 Å². The molecule has 0 saturated carbocycles.